The van der Waals surface area contributed by atoms with Gasteiger partial charge in [-0.1, -0.05) is 0 Å². The van der Waals surface area contributed by atoms with Crippen LogP contribution in [0, 0.1) is 11.6 Å². The van der Waals surface area contributed by atoms with Crippen LogP contribution < -0.4 is 4.42 Å². The monoisotopic (exact) mass is 191 g/mol. The largest absolute Gasteiger partial charge is 0.277 e. The third-order valence-corrected chi connectivity index (χ3v) is 1.49. The van der Waals surface area contributed by atoms with Crippen LogP contribution in [0.2, 0.25) is 0 Å². The number of rotatable bonds is 2. The fourth-order valence-corrected chi connectivity index (χ4v) is 0.848. The van der Waals surface area contributed by atoms with E-state index in [9.17, 15) is 13.6 Å². The third-order valence-electron chi connectivity index (χ3n) is 1.23. The van der Waals surface area contributed by atoms with Gasteiger partial charge in [0.2, 0.25) is 6.41 Å². The van der Waals surface area contributed by atoms with E-state index in [2.05, 4.69) is 0 Å². The Labute approximate surface area is 72.5 Å². The van der Waals surface area contributed by atoms with Crippen LogP contribution in [0.4, 0.5) is 14.5 Å². The van der Waals surface area contributed by atoms with Gasteiger partial charge in [-0.15, -0.1) is 0 Å². The Morgan fingerprint density at radius 1 is 1.42 bits per heavy atom. The number of carbonyl (C=O) groups is 1. The van der Waals surface area contributed by atoms with Crippen LogP contribution in [-0.4, -0.2) is 6.41 Å². The number of nitrogens with zero attached hydrogens (tertiary/aromatic N) is 1. The first-order valence-electron chi connectivity index (χ1n) is 3.00. The van der Waals surface area contributed by atoms with Gasteiger partial charge in [-0.05, 0) is 12.1 Å². The van der Waals surface area contributed by atoms with Crippen molar-refractivity contribution in [2.45, 2.75) is 0 Å². The molecule has 0 aliphatic heterocycles. The number of halogens is 3. The maximum Gasteiger partial charge on any atom is 0.228 e. The SMILES string of the molecule is O=CN(Cl)c1ccc(F)cc1F. The molecule has 1 rings (SSSR count). The summed E-state index contributed by atoms with van der Waals surface area (Å²) in [6.45, 7) is 0. The van der Waals surface area contributed by atoms with Crippen LogP contribution in [0.25, 0.3) is 0 Å². The maximum absolute atomic E-state index is 12.8. The van der Waals surface area contributed by atoms with Crippen molar-refractivity contribution in [3.8, 4) is 0 Å². The molecule has 1 aromatic rings. The number of anilines is 1. The normalized spacial score (nSPS) is 9.58. The topological polar surface area (TPSA) is 20.3 Å². The van der Waals surface area contributed by atoms with Crippen molar-refractivity contribution in [2.75, 3.05) is 4.42 Å². The highest BCUT2D eigenvalue weighted by molar-refractivity contribution is 6.33. The van der Waals surface area contributed by atoms with Gasteiger partial charge in [0.25, 0.3) is 0 Å². The number of amides is 1. The van der Waals surface area contributed by atoms with Gasteiger partial charge in [0, 0.05) is 17.8 Å². The van der Waals surface area contributed by atoms with Crippen LogP contribution in [0.5, 0.6) is 0 Å². The summed E-state index contributed by atoms with van der Waals surface area (Å²) in [6.07, 6.45) is 0.220. The highest BCUT2D eigenvalue weighted by atomic mass is 35.5. The predicted octanol–water partition coefficient (Wildman–Crippen LogP) is 2.08. The fraction of sp³-hybridized carbons (Fsp3) is 0. The second kappa shape index (κ2) is 3.49. The van der Waals surface area contributed by atoms with Gasteiger partial charge in [-0.3, -0.25) is 4.79 Å². The predicted molar refractivity (Wildman–Crippen MR) is 40.8 cm³/mol. The summed E-state index contributed by atoms with van der Waals surface area (Å²) in [4.78, 5) is 10.1. The number of hydrogen-bond donors (Lipinski definition) is 0. The Balaban J connectivity index is 3.09. The molecule has 0 radical (unpaired) electrons. The van der Waals surface area contributed by atoms with Crippen LogP contribution in [0.1, 0.15) is 0 Å². The number of carbonyl (C=O) groups excluding carboxylic acids is 1. The van der Waals surface area contributed by atoms with Crippen LogP contribution >= 0.6 is 11.8 Å². The molecule has 0 N–H and O–H groups in total. The van der Waals surface area contributed by atoms with Gasteiger partial charge in [-0.25, -0.2) is 13.2 Å². The van der Waals surface area contributed by atoms with Crippen LogP contribution in [0.15, 0.2) is 18.2 Å². The molecule has 1 amide bonds. The van der Waals surface area contributed by atoms with E-state index in [1.54, 1.807) is 0 Å². The van der Waals surface area contributed by atoms with Gasteiger partial charge < -0.3 is 0 Å². The standard InChI is InChI=1S/C7H4ClF2NO/c8-11(4-12)7-2-1-5(9)3-6(7)10/h1-4H. The van der Waals surface area contributed by atoms with Crippen LogP contribution in [-0.2, 0) is 4.79 Å². The van der Waals surface area contributed by atoms with Gasteiger partial charge >= 0.3 is 0 Å². The summed E-state index contributed by atoms with van der Waals surface area (Å²) in [5, 5.41) is 0. The Bertz CT molecular complexity index is 305. The molecule has 0 unspecified atom stereocenters. The van der Waals surface area contributed by atoms with Crippen molar-refractivity contribution in [1.82, 2.24) is 0 Å². The highest BCUT2D eigenvalue weighted by Gasteiger charge is 2.08. The summed E-state index contributed by atoms with van der Waals surface area (Å²) in [5.74, 6) is -1.59. The lowest BCUT2D eigenvalue weighted by atomic mass is 10.3. The fourth-order valence-electron chi connectivity index (χ4n) is 0.711. The van der Waals surface area contributed by atoms with Gasteiger partial charge in [0.15, 0.2) is 5.82 Å². The first-order valence-corrected chi connectivity index (χ1v) is 3.34. The van der Waals surface area contributed by atoms with Crippen molar-refractivity contribution in [2.24, 2.45) is 0 Å². The second-order valence-electron chi connectivity index (χ2n) is 2.01. The average molecular weight is 192 g/mol. The highest BCUT2D eigenvalue weighted by Crippen LogP contribution is 2.19. The molecule has 0 bridgehead atoms. The van der Waals surface area contributed by atoms with Gasteiger partial charge in [-0.2, -0.15) is 0 Å². The molecule has 0 aromatic heterocycles. The summed E-state index contributed by atoms with van der Waals surface area (Å²) in [7, 11) is 0. The van der Waals surface area contributed by atoms with Crippen molar-refractivity contribution < 1.29 is 13.6 Å². The summed E-state index contributed by atoms with van der Waals surface area (Å²) >= 11 is 5.25. The van der Waals surface area contributed by atoms with Crippen LogP contribution in [0.3, 0.4) is 0 Å². The van der Waals surface area contributed by atoms with E-state index in [1.807, 2.05) is 0 Å². The molecule has 12 heavy (non-hydrogen) atoms. The zero-order valence-electron chi connectivity index (χ0n) is 5.80. The van der Waals surface area contributed by atoms with E-state index < -0.39 is 11.6 Å². The molecule has 64 valence electrons. The molecule has 0 atom stereocenters. The smallest absolute Gasteiger partial charge is 0.228 e. The molecule has 0 saturated carbocycles. The minimum atomic E-state index is -0.878. The second-order valence-corrected chi connectivity index (χ2v) is 2.38. The minimum absolute atomic E-state index is 0.173. The molecule has 0 saturated heterocycles. The first kappa shape index (κ1) is 8.93. The molecule has 0 fully saturated rings. The van der Waals surface area contributed by atoms with Crippen molar-refractivity contribution in [3.05, 3.63) is 29.8 Å². The van der Waals surface area contributed by atoms with E-state index in [0.29, 0.717) is 10.5 Å². The summed E-state index contributed by atoms with van der Waals surface area (Å²) in [5.41, 5.74) is -0.173. The van der Waals surface area contributed by atoms with E-state index in [4.69, 9.17) is 11.8 Å². The van der Waals surface area contributed by atoms with Gasteiger partial charge in [0.1, 0.15) is 5.82 Å². The Morgan fingerprint density at radius 3 is 2.58 bits per heavy atom. The molecule has 0 spiro atoms. The number of benzene rings is 1. The van der Waals surface area contributed by atoms with E-state index in [0.717, 1.165) is 12.1 Å². The average Bonchev–Trinajstić information content (AvgIpc) is 2.03. The lowest BCUT2D eigenvalue weighted by molar-refractivity contribution is -0.106. The number of hydrogen-bond acceptors (Lipinski definition) is 1. The molecule has 2 nitrogen and oxygen atoms in total. The van der Waals surface area contributed by atoms with E-state index in [-0.39, 0.29) is 12.1 Å². The zero-order chi connectivity index (χ0) is 9.14. The maximum atomic E-state index is 12.8. The Morgan fingerprint density at radius 2 is 2.08 bits per heavy atom. The molecule has 0 heterocycles. The third kappa shape index (κ3) is 1.71. The van der Waals surface area contributed by atoms with Crippen molar-refractivity contribution >= 4 is 23.9 Å². The Kier molecular flexibility index (Phi) is 2.60. The molecule has 0 aliphatic rings. The molecular formula is C7H4ClF2NO. The first-order chi connectivity index (χ1) is 5.65. The Hall–Kier alpha value is -1.16. The van der Waals surface area contributed by atoms with Gasteiger partial charge in [0.05, 0.1) is 5.69 Å². The van der Waals surface area contributed by atoms with E-state index >= 15 is 0 Å². The summed E-state index contributed by atoms with van der Waals surface area (Å²) < 4.78 is 25.6. The molecular weight excluding hydrogens is 188 g/mol. The summed E-state index contributed by atoms with van der Waals surface area (Å²) in [6, 6.07) is 2.73. The quantitative estimate of drug-likeness (QED) is 0.518. The van der Waals surface area contributed by atoms with Crippen molar-refractivity contribution in [3.63, 3.8) is 0 Å². The lowest BCUT2D eigenvalue weighted by Gasteiger charge is -2.07. The molecule has 5 heteroatoms. The van der Waals surface area contributed by atoms with Crippen molar-refractivity contribution in [1.29, 1.82) is 0 Å². The minimum Gasteiger partial charge on any atom is -0.277 e. The zero-order valence-corrected chi connectivity index (χ0v) is 6.55. The molecule has 0 aliphatic carbocycles. The molecule has 1 aromatic carbocycles. The van der Waals surface area contributed by atoms with E-state index in [1.165, 1.54) is 0 Å². The lowest BCUT2D eigenvalue weighted by Crippen LogP contribution is -2.08.